The fourth-order valence-corrected chi connectivity index (χ4v) is 6.29. The Bertz CT molecular complexity index is 304. The zero-order valence-electron chi connectivity index (χ0n) is 15.4. The van der Waals surface area contributed by atoms with Crippen LogP contribution in [-0.2, 0) is 0 Å². The molecule has 0 amide bonds. The molecule has 3 aliphatic carbocycles. The van der Waals surface area contributed by atoms with Crippen molar-refractivity contribution in [2.24, 2.45) is 35.5 Å². The van der Waals surface area contributed by atoms with E-state index in [0.717, 1.165) is 35.5 Å². The molecule has 0 bridgehead atoms. The first kappa shape index (κ1) is 16.8. The van der Waals surface area contributed by atoms with Gasteiger partial charge in [0.05, 0.1) is 0 Å². The summed E-state index contributed by atoms with van der Waals surface area (Å²) in [6, 6.07) is 0. The number of rotatable bonds is 4. The molecule has 0 saturated heterocycles. The monoisotopic (exact) mass is 304 g/mol. The summed E-state index contributed by atoms with van der Waals surface area (Å²) in [7, 11) is 0. The number of hydrogen-bond donors (Lipinski definition) is 0. The minimum Gasteiger partial charge on any atom is -0.0651 e. The highest BCUT2D eigenvalue weighted by Crippen LogP contribution is 2.46. The van der Waals surface area contributed by atoms with Crippen LogP contribution >= 0.6 is 0 Å². The SMILES string of the molecule is CCC1CCC(C2CCC([C@@H]3CCC[C@H](CC)C3)CC2)CC1. The molecule has 128 valence electrons. The fourth-order valence-electron chi connectivity index (χ4n) is 6.29. The van der Waals surface area contributed by atoms with Crippen molar-refractivity contribution in [1.29, 1.82) is 0 Å². The molecule has 2 atom stereocenters. The van der Waals surface area contributed by atoms with E-state index in [1.807, 2.05) is 0 Å². The van der Waals surface area contributed by atoms with Gasteiger partial charge in [0.25, 0.3) is 0 Å². The molecule has 0 N–H and O–H groups in total. The predicted octanol–water partition coefficient (Wildman–Crippen LogP) is 7.23. The summed E-state index contributed by atoms with van der Waals surface area (Å²) in [5, 5.41) is 0. The third-order valence-corrected chi connectivity index (χ3v) is 8.02. The van der Waals surface area contributed by atoms with Crippen molar-refractivity contribution in [2.45, 2.75) is 104 Å². The molecule has 0 radical (unpaired) electrons. The van der Waals surface area contributed by atoms with Crippen LogP contribution in [0.1, 0.15) is 104 Å². The van der Waals surface area contributed by atoms with Crippen LogP contribution in [0.4, 0.5) is 0 Å². The van der Waals surface area contributed by atoms with Crippen molar-refractivity contribution < 1.29 is 0 Å². The van der Waals surface area contributed by atoms with Gasteiger partial charge in [-0.2, -0.15) is 0 Å². The summed E-state index contributed by atoms with van der Waals surface area (Å²) in [6.07, 6.45) is 21.6. The van der Waals surface area contributed by atoms with Gasteiger partial charge in [-0.25, -0.2) is 0 Å². The third-order valence-electron chi connectivity index (χ3n) is 8.02. The second-order valence-electron chi connectivity index (χ2n) is 9.06. The Hall–Kier alpha value is 0. The Morgan fingerprint density at radius 3 is 1.55 bits per heavy atom. The van der Waals surface area contributed by atoms with Gasteiger partial charge in [0, 0.05) is 0 Å². The molecule has 0 heterocycles. The van der Waals surface area contributed by atoms with Crippen LogP contribution in [0.5, 0.6) is 0 Å². The fraction of sp³-hybridized carbons (Fsp3) is 1.00. The van der Waals surface area contributed by atoms with Crippen LogP contribution < -0.4 is 0 Å². The van der Waals surface area contributed by atoms with Crippen LogP contribution in [0.2, 0.25) is 0 Å². The lowest BCUT2D eigenvalue weighted by Crippen LogP contribution is -2.30. The molecule has 0 aliphatic heterocycles. The van der Waals surface area contributed by atoms with Crippen molar-refractivity contribution in [1.82, 2.24) is 0 Å². The second kappa shape index (κ2) is 8.20. The van der Waals surface area contributed by atoms with Gasteiger partial charge in [-0.3, -0.25) is 0 Å². The predicted molar refractivity (Wildman–Crippen MR) is 96.9 cm³/mol. The van der Waals surface area contributed by atoms with E-state index < -0.39 is 0 Å². The van der Waals surface area contributed by atoms with E-state index in [0.29, 0.717) is 0 Å². The third kappa shape index (κ3) is 4.09. The Morgan fingerprint density at radius 2 is 1.00 bits per heavy atom. The van der Waals surface area contributed by atoms with Gasteiger partial charge in [0.1, 0.15) is 0 Å². The Morgan fingerprint density at radius 1 is 0.500 bits per heavy atom. The summed E-state index contributed by atoms with van der Waals surface area (Å²) in [6.45, 7) is 4.81. The summed E-state index contributed by atoms with van der Waals surface area (Å²) < 4.78 is 0. The quantitative estimate of drug-likeness (QED) is 0.514. The van der Waals surface area contributed by atoms with Gasteiger partial charge in [0.2, 0.25) is 0 Å². The molecule has 0 aromatic heterocycles. The molecule has 3 aliphatic rings. The zero-order valence-corrected chi connectivity index (χ0v) is 15.4. The van der Waals surface area contributed by atoms with Gasteiger partial charge < -0.3 is 0 Å². The molecule has 3 saturated carbocycles. The van der Waals surface area contributed by atoms with Crippen LogP contribution in [0.15, 0.2) is 0 Å². The molecule has 0 nitrogen and oxygen atoms in total. The first-order chi connectivity index (χ1) is 10.8. The zero-order chi connectivity index (χ0) is 15.4. The second-order valence-corrected chi connectivity index (χ2v) is 9.06. The minimum atomic E-state index is 1.07. The van der Waals surface area contributed by atoms with E-state index in [-0.39, 0.29) is 0 Å². The van der Waals surface area contributed by atoms with Crippen molar-refractivity contribution >= 4 is 0 Å². The van der Waals surface area contributed by atoms with E-state index >= 15 is 0 Å². The molecule has 0 aromatic rings. The van der Waals surface area contributed by atoms with Gasteiger partial charge >= 0.3 is 0 Å². The van der Waals surface area contributed by atoms with Gasteiger partial charge in [0.15, 0.2) is 0 Å². The van der Waals surface area contributed by atoms with Gasteiger partial charge in [-0.15, -0.1) is 0 Å². The minimum absolute atomic E-state index is 1.07. The summed E-state index contributed by atoms with van der Waals surface area (Å²) >= 11 is 0. The van der Waals surface area contributed by atoms with E-state index in [9.17, 15) is 0 Å². The molecule has 0 unspecified atom stereocenters. The lowest BCUT2D eigenvalue weighted by atomic mass is 9.64. The molecule has 0 heteroatoms. The maximum absolute atomic E-state index is 2.41. The van der Waals surface area contributed by atoms with Crippen LogP contribution in [-0.4, -0.2) is 0 Å². The van der Waals surface area contributed by atoms with Crippen molar-refractivity contribution in [2.75, 3.05) is 0 Å². The summed E-state index contributed by atoms with van der Waals surface area (Å²) in [5.41, 5.74) is 0. The standard InChI is InChI=1S/C22H40/c1-3-17-8-10-19(11-9-17)20-12-14-21(15-13-20)22-7-5-6-18(4-2)16-22/h17-22H,3-16H2,1-2H3/t17?,18-,19?,20?,21?,22+/m0/s1. The van der Waals surface area contributed by atoms with Crippen molar-refractivity contribution in [3.63, 3.8) is 0 Å². The van der Waals surface area contributed by atoms with Gasteiger partial charge in [-0.05, 0) is 80.5 Å². The first-order valence-corrected chi connectivity index (χ1v) is 10.8. The Labute approximate surface area is 139 Å². The number of hydrogen-bond acceptors (Lipinski definition) is 0. The highest BCUT2D eigenvalue weighted by molar-refractivity contribution is 4.85. The van der Waals surface area contributed by atoms with E-state index in [1.165, 1.54) is 25.7 Å². The first-order valence-electron chi connectivity index (χ1n) is 10.8. The summed E-state index contributed by atoms with van der Waals surface area (Å²) in [4.78, 5) is 0. The van der Waals surface area contributed by atoms with Crippen molar-refractivity contribution in [3.8, 4) is 0 Å². The summed E-state index contributed by atoms with van der Waals surface area (Å²) in [5.74, 6) is 6.58. The maximum Gasteiger partial charge on any atom is -0.0383 e. The topological polar surface area (TPSA) is 0 Å². The normalized spacial score (nSPS) is 43.9. The molecule has 3 fully saturated rings. The van der Waals surface area contributed by atoms with Crippen LogP contribution in [0.3, 0.4) is 0 Å². The Kier molecular flexibility index (Phi) is 6.28. The van der Waals surface area contributed by atoms with E-state index in [4.69, 9.17) is 0 Å². The maximum atomic E-state index is 2.41. The molecular weight excluding hydrogens is 264 g/mol. The average Bonchev–Trinajstić information content (AvgIpc) is 2.62. The van der Waals surface area contributed by atoms with Crippen LogP contribution in [0.25, 0.3) is 0 Å². The molecule has 0 spiro atoms. The highest BCUT2D eigenvalue weighted by Gasteiger charge is 2.34. The smallest absolute Gasteiger partial charge is 0.0383 e. The van der Waals surface area contributed by atoms with Crippen molar-refractivity contribution in [3.05, 3.63) is 0 Å². The lowest BCUT2D eigenvalue weighted by molar-refractivity contribution is 0.1000. The highest BCUT2D eigenvalue weighted by atomic mass is 14.4. The Balaban J connectivity index is 1.42. The van der Waals surface area contributed by atoms with Crippen LogP contribution in [0, 0.1) is 35.5 Å². The molecule has 0 aromatic carbocycles. The largest absolute Gasteiger partial charge is 0.0651 e. The van der Waals surface area contributed by atoms with Gasteiger partial charge in [-0.1, -0.05) is 58.8 Å². The average molecular weight is 305 g/mol. The molecule has 22 heavy (non-hydrogen) atoms. The van der Waals surface area contributed by atoms with E-state index in [2.05, 4.69) is 13.8 Å². The lowest BCUT2D eigenvalue weighted by Gasteiger charge is -2.41. The molecular formula is C22H40. The molecule has 3 rings (SSSR count). The van der Waals surface area contributed by atoms with E-state index in [1.54, 1.807) is 64.2 Å².